The van der Waals surface area contributed by atoms with Crippen LogP contribution in [-0.4, -0.2) is 17.8 Å². The molecule has 0 unspecified atom stereocenters. The van der Waals surface area contributed by atoms with Crippen molar-refractivity contribution in [3.8, 4) is 0 Å². The van der Waals surface area contributed by atoms with Crippen LogP contribution in [0.25, 0.3) is 0 Å². The fourth-order valence-electron chi connectivity index (χ4n) is 0.996. The molecule has 0 fully saturated rings. The van der Waals surface area contributed by atoms with Crippen LogP contribution in [0.1, 0.15) is 6.92 Å². The molecule has 0 aromatic heterocycles. The van der Waals surface area contributed by atoms with Crippen molar-refractivity contribution in [2.24, 2.45) is 0 Å². The Labute approximate surface area is 102 Å². The highest BCUT2D eigenvalue weighted by atomic mass is 32.1. The quantitative estimate of drug-likeness (QED) is 0.802. The summed E-state index contributed by atoms with van der Waals surface area (Å²) in [6, 6.07) is 3.16. The van der Waals surface area contributed by atoms with Gasteiger partial charge in [-0.05, 0) is 31.3 Å². The zero-order valence-electron chi connectivity index (χ0n) is 8.92. The minimum Gasteiger partial charge on any atom is -0.450 e. The molecule has 0 aliphatic carbocycles. The van der Waals surface area contributed by atoms with Gasteiger partial charge in [-0.25, -0.2) is 13.6 Å². The van der Waals surface area contributed by atoms with Gasteiger partial charge in [-0.1, -0.05) is 0 Å². The first-order valence-electron chi connectivity index (χ1n) is 4.72. The summed E-state index contributed by atoms with van der Waals surface area (Å²) in [4.78, 5) is 11.0. The molecule has 1 amide bonds. The minimum absolute atomic E-state index is 0.0607. The van der Waals surface area contributed by atoms with Crippen LogP contribution in [0.3, 0.4) is 0 Å². The third-order valence-electron chi connectivity index (χ3n) is 1.67. The summed E-state index contributed by atoms with van der Waals surface area (Å²) in [6.07, 6.45) is -0.715. The molecule has 0 bridgehead atoms. The maximum Gasteiger partial charge on any atom is 0.413 e. The second-order valence-corrected chi connectivity index (χ2v) is 3.34. The fourth-order valence-corrected chi connectivity index (χ4v) is 1.20. The van der Waals surface area contributed by atoms with Crippen molar-refractivity contribution in [2.75, 3.05) is 11.9 Å². The van der Waals surface area contributed by atoms with Crippen LogP contribution in [0.15, 0.2) is 18.2 Å². The topological polar surface area (TPSA) is 50.4 Å². The lowest BCUT2D eigenvalue weighted by Crippen LogP contribution is -2.34. The molecule has 92 valence electrons. The van der Waals surface area contributed by atoms with E-state index in [4.69, 9.17) is 12.2 Å². The van der Waals surface area contributed by atoms with Gasteiger partial charge in [-0.2, -0.15) is 0 Å². The van der Waals surface area contributed by atoms with Gasteiger partial charge in [0, 0.05) is 11.8 Å². The first kappa shape index (κ1) is 13.3. The molecule has 1 aromatic rings. The monoisotopic (exact) mass is 260 g/mol. The smallest absolute Gasteiger partial charge is 0.413 e. The maximum atomic E-state index is 12.8. The third-order valence-corrected chi connectivity index (χ3v) is 1.87. The zero-order valence-corrected chi connectivity index (χ0v) is 9.74. The van der Waals surface area contributed by atoms with E-state index in [9.17, 15) is 13.6 Å². The molecule has 0 saturated carbocycles. The Morgan fingerprint density at radius 2 is 2.12 bits per heavy atom. The lowest BCUT2D eigenvalue weighted by Gasteiger charge is -2.09. The molecule has 0 radical (unpaired) electrons. The number of carbonyl (C=O) groups is 1. The number of hydrogen-bond acceptors (Lipinski definition) is 3. The minimum atomic E-state index is -1.01. The number of ether oxygens (including phenoxy) is 1. The van der Waals surface area contributed by atoms with E-state index in [-0.39, 0.29) is 17.4 Å². The van der Waals surface area contributed by atoms with E-state index in [1.807, 2.05) is 0 Å². The van der Waals surface area contributed by atoms with Crippen molar-refractivity contribution in [2.45, 2.75) is 6.92 Å². The van der Waals surface area contributed by atoms with Gasteiger partial charge in [0.1, 0.15) is 0 Å². The molecule has 1 rings (SSSR count). The highest BCUT2D eigenvalue weighted by Crippen LogP contribution is 2.12. The van der Waals surface area contributed by atoms with Crippen molar-refractivity contribution >= 4 is 29.1 Å². The summed E-state index contributed by atoms with van der Waals surface area (Å²) >= 11 is 4.76. The summed E-state index contributed by atoms with van der Waals surface area (Å²) in [5, 5.41) is 4.66. The molecular weight excluding hydrogens is 250 g/mol. The van der Waals surface area contributed by atoms with Gasteiger partial charge in [0.2, 0.25) is 0 Å². The van der Waals surface area contributed by atoms with Crippen molar-refractivity contribution in [3.05, 3.63) is 29.8 Å². The molecule has 0 saturated heterocycles. The van der Waals surface area contributed by atoms with Gasteiger partial charge < -0.3 is 10.1 Å². The van der Waals surface area contributed by atoms with Crippen LogP contribution in [0.2, 0.25) is 0 Å². The highest BCUT2D eigenvalue weighted by Gasteiger charge is 2.06. The number of amides is 1. The van der Waals surface area contributed by atoms with Crippen LogP contribution in [-0.2, 0) is 4.74 Å². The van der Waals surface area contributed by atoms with Crippen molar-refractivity contribution < 1.29 is 18.3 Å². The summed E-state index contributed by atoms with van der Waals surface area (Å²) in [5.41, 5.74) is 0.227. The molecular formula is C10H10F2N2O2S. The Bertz CT molecular complexity index is 440. The number of alkyl carbamates (subject to hydrolysis) is 1. The van der Waals surface area contributed by atoms with Crippen LogP contribution in [0.4, 0.5) is 19.3 Å². The number of rotatable bonds is 2. The molecule has 0 spiro atoms. The van der Waals surface area contributed by atoms with Crippen molar-refractivity contribution in [1.29, 1.82) is 0 Å². The summed E-state index contributed by atoms with van der Waals surface area (Å²) in [5.74, 6) is -1.96. The van der Waals surface area contributed by atoms with E-state index in [0.29, 0.717) is 0 Å². The Kier molecular flexibility index (Phi) is 4.77. The summed E-state index contributed by atoms with van der Waals surface area (Å²) < 4.78 is 30.0. The Morgan fingerprint density at radius 1 is 1.41 bits per heavy atom. The van der Waals surface area contributed by atoms with Gasteiger partial charge in [0.05, 0.1) is 6.61 Å². The van der Waals surface area contributed by atoms with Gasteiger partial charge in [0.15, 0.2) is 16.7 Å². The van der Waals surface area contributed by atoms with Crippen LogP contribution >= 0.6 is 12.2 Å². The van der Waals surface area contributed by atoms with Crippen LogP contribution in [0.5, 0.6) is 0 Å². The number of halogens is 2. The largest absolute Gasteiger partial charge is 0.450 e. The number of hydrogen-bond donors (Lipinski definition) is 2. The van der Waals surface area contributed by atoms with Crippen LogP contribution < -0.4 is 10.6 Å². The fraction of sp³-hybridized carbons (Fsp3) is 0.200. The average Bonchev–Trinajstić information content (AvgIpc) is 2.23. The molecule has 7 heteroatoms. The first-order valence-corrected chi connectivity index (χ1v) is 5.13. The molecule has 0 aliphatic rings. The molecule has 0 atom stereocenters. The molecule has 17 heavy (non-hydrogen) atoms. The second kappa shape index (κ2) is 6.09. The Balaban J connectivity index is 2.56. The second-order valence-electron chi connectivity index (χ2n) is 2.93. The van der Waals surface area contributed by atoms with Crippen LogP contribution in [0, 0.1) is 11.6 Å². The van der Waals surface area contributed by atoms with E-state index in [1.54, 1.807) is 6.92 Å². The Morgan fingerprint density at radius 3 is 2.71 bits per heavy atom. The highest BCUT2D eigenvalue weighted by molar-refractivity contribution is 7.80. The SMILES string of the molecule is CCOC(=O)NC(=S)Nc1ccc(F)c(F)c1. The van der Waals surface area contributed by atoms with Gasteiger partial charge in [-0.15, -0.1) is 0 Å². The van der Waals surface area contributed by atoms with Gasteiger partial charge >= 0.3 is 6.09 Å². The molecule has 0 aliphatic heterocycles. The van der Waals surface area contributed by atoms with E-state index in [1.165, 1.54) is 6.07 Å². The number of anilines is 1. The summed E-state index contributed by atoms with van der Waals surface area (Å²) in [7, 11) is 0. The summed E-state index contributed by atoms with van der Waals surface area (Å²) in [6.45, 7) is 1.85. The van der Waals surface area contributed by atoms with Gasteiger partial charge in [0.25, 0.3) is 0 Å². The van der Waals surface area contributed by atoms with Crippen molar-refractivity contribution in [1.82, 2.24) is 5.32 Å². The number of nitrogens with one attached hydrogen (secondary N) is 2. The number of thiocarbonyl (C=S) groups is 1. The molecule has 2 N–H and O–H groups in total. The third kappa shape index (κ3) is 4.31. The lowest BCUT2D eigenvalue weighted by molar-refractivity contribution is 0.158. The predicted octanol–water partition coefficient (Wildman–Crippen LogP) is 2.41. The maximum absolute atomic E-state index is 12.8. The average molecular weight is 260 g/mol. The zero-order chi connectivity index (χ0) is 12.8. The lowest BCUT2D eigenvalue weighted by atomic mass is 10.3. The molecule has 1 aromatic carbocycles. The number of carbonyl (C=O) groups excluding carboxylic acids is 1. The van der Waals surface area contributed by atoms with Gasteiger partial charge in [-0.3, -0.25) is 5.32 Å². The normalized spacial score (nSPS) is 9.59. The van der Waals surface area contributed by atoms with E-state index in [0.717, 1.165) is 12.1 Å². The molecule has 4 nitrogen and oxygen atoms in total. The predicted molar refractivity (Wildman–Crippen MR) is 62.7 cm³/mol. The Hall–Kier alpha value is -1.76. The standard InChI is InChI=1S/C10H10F2N2O2S/c1-2-16-10(15)14-9(17)13-6-3-4-7(11)8(12)5-6/h3-5H,2H2,1H3,(H2,13,14,15,17). The van der Waals surface area contributed by atoms with E-state index < -0.39 is 17.7 Å². The van der Waals surface area contributed by atoms with E-state index in [2.05, 4.69) is 15.4 Å². The van der Waals surface area contributed by atoms with Crippen molar-refractivity contribution in [3.63, 3.8) is 0 Å². The number of benzene rings is 1. The first-order chi connectivity index (χ1) is 8.02. The van der Waals surface area contributed by atoms with E-state index >= 15 is 0 Å². The molecule has 0 heterocycles.